The molecule has 0 N–H and O–H groups in total. The third-order valence-electron chi connectivity index (χ3n) is 14.1. The summed E-state index contributed by atoms with van der Waals surface area (Å²) in [5.41, 5.74) is 4.45. The van der Waals surface area contributed by atoms with Crippen molar-refractivity contribution in [2.75, 3.05) is 6.61 Å². The topological polar surface area (TPSA) is 61.8 Å². The van der Waals surface area contributed by atoms with E-state index >= 15 is 0 Å². The minimum atomic E-state index is -2.03. The highest BCUT2D eigenvalue weighted by atomic mass is 28.4. The third kappa shape index (κ3) is 10.4. The zero-order chi connectivity index (χ0) is 39.5. The molecule has 3 fully saturated rings. The largest absolute Gasteiger partial charge is 0.465 e. The Hall–Kier alpha value is -1.55. The second kappa shape index (κ2) is 17.1. The highest BCUT2D eigenvalue weighted by Gasteiger charge is 2.50. The highest BCUT2D eigenvalue weighted by Crippen LogP contribution is 2.59. The summed E-state index contributed by atoms with van der Waals surface area (Å²) in [4.78, 5) is 26.1. The van der Waals surface area contributed by atoms with Gasteiger partial charge in [0.15, 0.2) is 22.4 Å². The molecule has 0 aromatic carbocycles. The lowest BCUT2D eigenvalue weighted by Crippen LogP contribution is -2.49. The molecule has 3 aliphatic carbocycles. The molecule has 0 amide bonds. The van der Waals surface area contributed by atoms with Crippen LogP contribution in [-0.2, 0) is 23.2 Å². The fraction of sp³-hybridized carbons (Fsp3) is 0.778. The first kappa shape index (κ1) is 44.8. The maximum absolute atomic E-state index is 13.3. The maximum Gasteiger partial charge on any atom is 0.319 e. The normalized spacial score (nSPS) is 27.5. The molecule has 3 rings (SSSR count). The number of hydrogen-bond acceptors (Lipinski definition) is 5. The van der Waals surface area contributed by atoms with E-state index in [1.54, 1.807) is 19.4 Å². The van der Waals surface area contributed by atoms with E-state index in [9.17, 15) is 9.59 Å². The molecule has 5 atom stereocenters. The lowest BCUT2D eigenvalue weighted by atomic mass is 9.62. The zero-order valence-corrected chi connectivity index (χ0v) is 38.3. The molecular weight excluding hydrogens is 677 g/mol. The van der Waals surface area contributed by atoms with Crippen LogP contribution in [0.5, 0.6) is 0 Å². The second-order valence-corrected chi connectivity index (χ2v) is 29.9. The van der Waals surface area contributed by atoms with Gasteiger partial charge in [-0.2, -0.15) is 0 Å². The number of allylic oxidation sites excluding steroid dienone is 5. The summed E-state index contributed by atoms with van der Waals surface area (Å²) in [6.45, 7) is 38.5. The zero-order valence-electron chi connectivity index (χ0n) is 36.3. The van der Waals surface area contributed by atoms with Gasteiger partial charge >= 0.3 is 5.97 Å². The van der Waals surface area contributed by atoms with Crippen LogP contribution in [0.1, 0.15) is 147 Å². The van der Waals surface area contributed by atoms with Gasteiger partial charge in [0.2, 0.25) is 0 Å². The molecule has 3 saturated carbocycles. The molecule has 296 valence electrons. The van der Waals surface area contributed by atoms with E-state index in [1.165, 1.54) is 30.4 Å². The Balaban J connectivity index is 1.82. The van der Waals surface area contributed by atoms with Crippen molar-refractivity contribution in [3.05, 3.63) is 47.1 Å². The Bertz CT molecular complexity index is 1340. The first-order valence-corrected chi connectivity index (χ1v) is 26.4. The number of fused-ring (bicyclic) bond motifs is 1. The second-order valence-electron chi connectivity index (χ2n) is 20.4. The number of esters is 1. The van der Waals surface area contributed by atoms with Crippen LogP contribution in [0, 0.1) is 22.7 Å². The number of ether oxygens (including phenoxy) is 1. The summed E-state index contributed by atoms with van der Waals surface area (Å²) in [5.74, 6) is 0.508. The highest BCUT2D eigenvalue weighted by molar-refractivity contribution is 6.74. The lowest BCUT2D eigenvalue weighted by molar-refractivity contribution is -0.158. The molecule has 0 saturated heterocycles. The number of hydrogen-bond donors (Lipinski definition) is 0. The molecule has 0 aromatic heterocycles. The minimum absolute atomic E-state index is 0.0232. The quantitative estimate of drug-likeness (QED) is 0.0581. The fourth-order valence-corrected chi connectivity index (χ4v) is 10.7. The van der Waals surface area contributed by atoms with E-state index in [0.717, 1.165) is 50.5 Å². The monoisotopic (exact) mass is 755 g/mol. The molecular formula is C45H78O5Si2. The van der Waals surface area contributed by atoms with Crippen LogP contribution >= 0.6 is 0 Å². The van der Waals surface area contributed by atoms with Crippen molar-refractivity contribution >= 4 is 28.4 Å². The van der Waals surface area contributed by atoms with Crippen LogP contribution in [0.25, 0.3) is 0 Å². The van der Waals surface area contributed by atoms with Crippen LogP contribution in [-0.4, -0.2) is 47.2 Å². The molecule has 3 aliphatic rings. The van der Waals surface area contributed by atoms with Gasteiger partial charge < -0.3 is 13.6 Å². The van der Waals surface area contributed by atoms with Gasteiger partial charge in [-0.05, 0) is 131 Å². The number of rotatable bonds is 14. The van der Waals surface area contributed by atoms with Gasteiger partial charge in [-0.25, -0.2) is 0 Å². The Morgan fingerprint density at radius 3 is 1.96 bits per heavy atom. The first-order chi connectivity index (χ1) is 23.8. The lowest BCUT2D eigenvalue weighted by Gasteiger charge is -2.46. The molecule has 0 radical (unpaired) electrons. The van der Waals surface area contributed by atoms with Crippen molar-refractivity contribution in [2.24, 2.45) is 22.7 Å². The SMILES string of the molecule is C=C1[C@H](O[Si](C)(C)C(C)(C)C)CC(=CC=C2CCC[C@]3(C)[C@@H](C(C)=CCC(=O)C(C)(C)C(=O)OCCCCC)CC[C@@H]23)C[C@H]1O[Si](C)(C)C(C)(C)C. The van der Waals surface area contributed by atoms with Crippen molar-refractivity contribution in [2.45, 2.75) is 195 Å². The average molecular weight is 755 g/mol. The van der Waals surface area contributed by atoms with Crippen molar-refractivity contribution < 1.29 is 23.2 Å². The smallest absolute Gasteiger partial charge is 0.319 e. The van der Waals surface area contributed by atoms with E-state index in [0.29, 0.717) is 18.4 Å². The molecule has 0 bridgehead atoms. The Morgan fingerprint density at radius 2 is 1.44 bits per heavy atom. The minimum Gasteiger partial charge on any atom is -0.465 e. The van der Waals surface area contributed by atoms with Crippen LogP contribution < -0.4 is 0 Å². The van der Waals surface area contributed by atoms with E-state index in [4.69, 9.17) is 13.6 Å². The van der Waals surface area contributed by atoms with Crippen LogP contribution in [0.15, 0.2) is 47.1 Å². The molecule has 0 unspecified atom stereocenters. The molecule has 5 nitrogen and oxygen atoms in total. The van der Waals surface area contributed by atoms with Crippen LogP contribution in [0.2, 0.25) is 36.3 Å². The van der Waals surface area contributed by atoms with E-state index in [2.05, 4.69) is 113 Å². The van der Waals surface area contributed by atoms with Gasteiger partial charge in [-0.1, -0.05) is 110 Å². The first-order valence-electron chi connectivity index (χ1n) is 20.6. The van der Waals surface area contributed by atoms with Gasteiger partial charge in [-0.15, -0.1) is 0 Å². The summed E-state index contributed by atoms with van der Waals surface area (Å²) >= 11 is 0. The summed E-state index contributed by atoms with van der Waals surface area (Å²) < 4.78 is 19.7. The van der Waals surface area contributed by atoms with Crippen molar-refractivity contribution in [3.63, 3.8) is 0 Å². The van der Waals surface area contributed by atoms with Crippen molar-refractivity contribution in [1.82, 2.24) is 0 Å². The number of unbranched alkanes of at least 4 members (excludes halogenated alkanes) is 2. The molecule has 0 aromatic rings. The fourth-order valence-electron chi connectivity index (χ4n) is 8.14. The van der Waals surface area contributed by atoms with E-state index in [-0.39, 0.29) is 39.9 Å². The standard InChI is InChI=1S/C45H78O5Si2/c1-17-18-19-29-48-41(47)44(10,11)40(46)27-22-32(2)36-25-26-37-35(21-20-28-45(36,37)12)24-23-34-30-38(49-51(13,14)42(4,5)6)33(3)39(31-34)50-52(15,16)43(7,8)9/h22-24,36-39H,3,17-21,25-31H2,1-2,4-16H3/t36-,37+,38-,39-,45-/m1/s1. The Kier molecular flexibility index (Phi) is 14.7. The van der Waals surface area contributed by atoms with Gasteiger partial charge in [-0.3, -0.25) is 9.59 Å². The number of carbonyl (C=O) groups excluding carboxylic acids is 2. The Morgan fingerprint density at radius 1 is 0.885 bits per heavy atom. The summed E-state index contributed by atoms with van der Waals surface area (Å²) in [6.07, 6.45) is 17.8. The molecule has 0 aliphatic heterocycles. The maximum atomic E-state index is 13.3. The molecule has 7 heteroatoms. The number of Topliss-reactive ketones (excluding diaryl/α,β-unsaturated/α-hetero) is 1. The van der Waals surface area contributed by atoms with E-state index < -0.39 is 28.0 Å². The molecule has 0 heterocycles. The predicted molar refractivity (Wildman–Crippen MR) is 224 cm³/mol. The van der Waals surface area contributed by atoms with Crippen molar-refractivity contribution in [3.8, 4) is 0 Å². The van der Waals surface area contributed by atoms with Crippen LogP contribution in [0.3, 0.4) is 0 Å². The van der Waals surface area contributed by atoms with E-state index in [1.807, 2.05) is 0 Å². The van der Waals surface area contributed by atoms with Gasteiger partial charge in [0, 0.05) is 6.42 Å². The predicted octanol–water partition coefficient (Wildman–Crippen LogP) is 12.9. The third-order valence-corrected chi connectivity index (χ3v) is 23.0. The molecule has 0 spiro atoms. The van der Waals surface area contributed by atoms with Crippen LogP contribution in [0.4, 0.5) is 0 Å². The van der Waals surface area contributed by atoms with Crippen molar-refractivity contribution in [1.29, 1.82) is 0 Å². The van der Waals surface area contributed by atoms with Gasteiger partial charge in [0.1, 0.15) is 5.41 Å². The number of ketones is 1. The Labute approximate surface area is 322 Å². The summed E-state index contributed by atoms with van der Waals surface area (Å²) in [6, 6.07) is 0. The average Bonchev–Trinajstić information content (AvgIpc) is 3.38. The van der Waals surface area contributed by atoms with Gasteiger partial charge in [0.25, 0.3) is 0 Å². The molecule has 52 heavy (non-hydrogen) atoms. The summed E-state index contributed by atoms with van der Waals surface area (Å²) in [7, 11) is -4.05. The summed E-state index contributed by atoms with van der Waals surface area (Å²) in [5, 5.41) is 0.238. The van der Waals surface area contributed by atoms with Gasteiger partial charge in [0.05, 0.1) is 18.8 Å². The number of carbonyl (C=O) groups is 2.